The molecule has 1 aliphatic rings. The molecule has 0 saturated heterocycles. The summed E-state index contributed by atoms with van der Waals surface area (Å²) in [5.74, 6) is -0.674. The van der Waals surface area contributed by atoms with Gasteiger partial charge in [-0.2, -0.15) is 0 Å². The molecule has 2 aromatic carbocycles. The van der Waals surface area contributed by atoms with Crippen LogP contribution in [0.3, 0.4) is 0 Å². The number of aliphatic hydroxyl groups is 1. The number of aromatic hydroxyl groups is 2. The first-order chi connectivity index (χ1) is 14.8. The van der Waals surface area contributed by atoms with E-state index in [9.17, 15) is 20.1 Å². The highest BCUT2D eigenvalue weighted by atomic mass is 35.5. The number of unbranched alkanes of at least 4 members (excludes halogenated alkanes) is 2. The molecular weight excluding hydrogens is 439 g/mol. The monoisotopic (exact) mass is 460 g/mol. The number of phenolic OH excluding ortho intramolecular Hbond substituents is 2. The Kier molecular flexibility index (Phi) is 7.25. The fourth-order valence-electron chi connectivity index (χ4n) is 3.19. The van der Waals surface area contributed by atoms with Crippen LogP contribution in [0.1, 0.15) is 32.6 Å². The van der Waals surface area contributed by atoms with Crippen molar-refractivity contribution in [3.8, 4) is 11.5 Å². The number of benzene rings is 2. The van der Waals surface area contributed by atoms with E-state index in [0.717, 1.165) is 25.3 Å². The van der Waals surface area contributed by atoms with Crippen LogP contribution in [0.15, 0.2) is 64.5 Å². The van der Waals surface area contributed by atoms with Crippen molar-refractivity contribution < 1.29 is 20.1 Å². The molecule has 0 unspecified atom stereocenters. The third-order valence-corrected chi connectivity index (χ3v) is 5.37. The van der Waals surface area contributed by atoms with Crippen LogP contribution in [0.2, 0.25) is 10.0 Å². The van der Waals surface area contributed by atoms with Gasteiger partial charge in [0.1, 0.15) is 23.0 Å². The Labute approximate surface area is 190 Å². The smallest absolute Gasteiger partial charge is 0.206 e. The van der Waals surface area contributed by atoms with E-state index in [1.165, 1.54) is 30.3 Å². The molecule has 0 aromatic heterocycles. The Bertz CT molecular complexity index is 1110. The molecule has 2 aromatic rings. The number of hydrogen-bond donors (Lipinski definition) is 4. The van der Waals surface area contributed by atoms with E-state index in [-0.39, 0.29) is 38.7 Å². The first-order valence-corrected chi connectivity index (χ1v) is 10.6. The Morgan fingerprint density at radius 1 is 0.968 bits per heavy atom. The fourth-order valence-corrected chi connectivity index (χ4v) is 3.63. The molecule has 0 heterocycles. The molecule has 3 rings (SSSR count). The molecule has 4 N–H and O–H groups in total. The quantitative estimate of drug-likeness (QED) is 0.216. The lowest BCUT2D eigenvalue weighted by molar-refractivity contribution is -0.111. The van der Waals surface area contributed by atoms with E-state index in [0.29, 0.717) is 23.4 Å². The van der Waals surface area contributed by atoms with Gasteiger partial charge in [0, 0.05) is 23.8 Å². The number of aliphatic imine (C=N–C) groups is 1. The molecule has 0 atom stereocenters. The number of nitrogens with one attached hydrogen (secondary N) is 1. The second kappa shape index (κ2) is 9.90. The summed E-state index contributed by atoms with van der Waals surface area (Å²) in [6.07, 6.45) is 4.27. The van der Waals surface area contributed by atoms with Crippen LogP contribution >= 0.6 is 23.2 Å². The van der Waals surface area contributed by atoms with Crippen LogP contribution in [0.4, 0.5) is 11.4 Å². The molecule has 0 spiro atoms. The van der Waals surface area contributed by atoms with Gasteiger partial charge in [0.05, 0.1) is 27.1 Å². The van der Waals surface area contributed by atoms with Crippen molar-refractivity contribution in [1.82, 2.24) is 0 Å². The summed E-state index contributed by atoms with van der Waals surface area (Å²) >= 11 is 12.4. The topological polar surface area (TPSA) is 102 Å². The summed E-state index contributed by atoms with van der Waals surface area (Å²) in [6, 6.07) is 8.71. The number of ketones is 1. The minimum absolute atomic E-state index is 0.00410. The largest absolute Gasteiger partial charge is 0.508 e. The van der Waals surface area contributed by atoms with Crippen molar-refractivity contribution >= 4 is 46.1 Å². The van der Waals surface area contributed by atoms with Crippen LogP contribution in [-0.4, -0.2) is 26.8 Å². The summed E-state index contributed by atoms with van der Waals surface area (Å²) in [4.78, 5) is 17.3. The maximum absolute atomic E-state index is 12.8. The Morgan fingerprint density at radius 2 is 1.65 bits per heavy atom. The summed E-state index contributed by atoms with van der Waals surface area (Å²) in [5.41, 5.74) is 1.79. The van der Waals surface area contributed by atoms with Crippen molar-refractivity contribution in [1.29, 1.82) is 0 Å². The van der Waals surface area contributed by atoms with Gasteiger partial charge in [0.2, 0.25) is 5.78 Å². The van der Waals surface area contributed by atoms with Crippen molar-refractivity contribution in [3.05, 3.63) is 69.5 Å². The number of carbonyl (C=O) groups excluding carboxylic acids is 1. The number of allylic oxidation sites excluding steroid dienone is 2. The van der Waals surface area contributed by atoms with E-state index in [1.54, 1.807) is 6.07 Å². The van der Waals surface area contributed by atoms with Gasteiger partial charge in [-0.3, -0.25) is 4.79 Å². The number of rotatable bonds is 7. The minimum atomic E-state index is -0.413. The molecule has 0 bridgehead atoms. The van der Waals surface area contributed by atoms with E-state index < -0.39 is 5.78 Å². The van der Waals surface area contributed by atoms with Crippen molar-refractivity contribution in [2.24, 2.45) is 4.99 Å². The summed E-state index contributed by atoms with van der Waals surface area (Å²) in [7, 11) is 0. The summed E-state index contributed by atoms with van der Waals surface area (Å²) in [6.45, 7) is 2.07. The van der Waals surface area contributed by atoms with Crippen LogP contribution in [0, 0.1) is 0 Å². The standard InChI is InChI=1S/C23H22Cl2N2O4/c1-2-3-4-5-15-22(26-18-8-6-13(28)10-16(18)24)20(30)12-21(31)23(15)27-19-9-7-14(29)11-17(19)25/h6-12,26,28-29,31H,2-5H2,1H3/b27-23+. The van der Waals surface area contributed by atoms with Crippen LogP contribution < -0.4 is 5.32 Å². The average molecular weight is 461 g/mol. The number of aliphatic hydroxyl groups excluding tert-OH is 1. The maximum Gasteiger partial charge on any atom is 0.206 e. The molecule has 0 amide bonds. The normalized spacial score (nSPS) is 15.4. The lowest BCUT2D eigenvalue weighted by atomic mass is 9.92. The Hall–Kier alpha value is -2.96. The van der Waals surface area contributed by atoms with E-state index in [1.807, 2.05) is 0 Å². The molecule has 8 heteroatoms. The van der Waals surface area contributed by atoms with Gasteiger partial charge < -0.3 is 20.6 Å². The summed E-state index contributed by atoms with van der Waals surface area (Å²) in [5, 5.41) is 33.2. The van der Waals surface area contributed by atoms with E-state index in [4.69, 9.17) is 23.2 Å². The SMILES string of the molecule is CCCCCC1=C(Nc2ccc(O)cc2Cl)C(=O)C=C(O)/C1=N/c1ccc(O)cc1Cl. The molecule has 1 aliphatic carbocycles. The third-order valence-electron chi connectivity index (χ3n) is 4.75. The molecule has 162 valence electrons. The fraction of sp³-hybridized carbons (Fsp3) is 0.217. The number of phenols is 2. The highest BCUT2D eigenvalue weighted by molar-refractivity contribution is 6.34. The maximum atomic E-state index is 12.8. The second-order valence-electron chi connectivity index (χ2n) is 7.09. The first-order valence-electron chi connectivity index (χ1n) is 9.81. The van der Waals surface area contributed by atoms with Gasteiger partial charge in [0.15, 0.2) is 0 Å². The van der Waals surface area contributed by atoms with E-state index >= 15 is 0 Å². The highest BCUT2D eigenvalue weighted by Gasteiger charge is 2.27. The molecular formula is C23H22Cl2N2O4. The van der Waals surface area contributed by atoms with Gasteiger partial charge in [-0.15, -0.1) is 0 Å². The molecule has 0 radical (unpaired) electrons. The number of halogens is 2. The van der Waals surface area contributed by atoms with E-state index in [2.05, 4.69) is 17.2 Å². The second-order valence-corrected chi connectivity index (χ2v) is 7.90. The van der Waals surface area contributed by atoms with Crippen molar-refractivity contribution in [3.63, 3.8) is 0 Å². The minimum Gasteiger partial charge on any atom is -0.508 e. The lowest BCUT2D eigenvalue weighted by Gasteiger charge is -2.21. The van der Waals surface area contributed by atoms with Gasteiger partial charge in [-0.05, 0) is 37.1 Å². The molecule has 31 heavy (non-hydrogen) atoms. The van der Waals surface area contributed by atoms with Gasteiger partial charge in [0.25, 0.3) is 0 Å². The molecule has 6 nitrogen and oxygen atoms in total. The predicted octanol–water partition coefficient (Wildman–Crippen LogP) is 6.45. The van der Waals surface area contributed by atoms with Gasteiger partial charge >= 0.3 is 0 Å². The number of anilines is 1. The number of carbonyl (C=O) groups is 1. The van der Waals surface area contributed by atoms with Crippen LogP contribution in [-0.2, 0) is 4.79 Å². The lowest BCUT2D eigenvalue weighted by Crippen LogP contribution is -2.24. The zero-order chi connectivity index (χ0) is 22.5. The Morgan fingerprint density at radius 3 is 2.29 bits per heavy atom. The van der Waals surface area contributed by atoms with Gasteiger partial charge in [-0.1, -0.05) is 43.0 Å². The highest BCUT2D eigenvalue weighted by Crippen LogP contribution is 2.34. The first kappa shape index (κ1) is 22.7. The van der Waals surface area contributed by atoms with Crippen LogP contribution in [0.25, 0.3) is 0 Å². The molecule has 0 fully saturated rings. The molecule has 0 saturated carbocycles. The van der Waals surface area contributed by atoms with Gasteiger partial charge in [-0.25, -0.2) is 4.99 Å². The van der Waals surface area contributed by atoms with Crippen molar-refractivity contribution in [2.75, 3.05) is 5.32 Å². The Balaban J connectivity index is 2.11. The summed E-state index contributed by atoms with van der Waals surface area (Å²) < 4.78 is 0. The third kappa shape index (κ3) is 5.40. The predicted molar refractivity (Wildman–Crippen MR) is 124 cm³/mol. The zero-order valence-electron chi connectivity index (χ0n) is 16.8. The number of nitrogens with zero attached hydrogens (tertiary/aromatic N) is 1. The van der Waals surface area contributed by atoms with Crippen LogP contribution in [0.5, 0.6) is 11.5 Å². The number of hydrogen-bond acceptors (Lipinski definition) is 6. The molecule has 0 aliphatic heterocycles. The zero-order valence-corrected chi connectivity index (χ0v) is 18.3. The average Bonchev–Trinajstić information content (AvgIpc) is 2.70. The van der Waals surface area contributed by atoms with Crippen molar-refractivity contribution in [2.45, 2.75) is 32.6 Å².